The topological polar surface area (TPSA) is 108 Å². The predicted molar refractivity (Wildman–Crippen MR) is 120 cm³/mol. The molecule has 9 nitrogen and oxygen atoms in total. The largest absolute Gasteiger partial charge is 0.460 e. The van der Waals surface area contributed by atoms with E-state index in [2.05, 4.69) is 15.5 Å². The van der Waals surface area contributed by atoms with Crippen LogP contribution in [0.5, 0.6) is 0 Å². The predicted octanol–water partition coefficient (Wildman–Crippen LogP) is 1.67. The molecule has 3 rings (SSSR count). The van der Waals surface area contributed by atoms with Crippen LogP contribution in [-0.4, -0.2) is 66.4 Å². The molecule has 174 valence electrons. The zero-order valence-corrected chi connectivity index (χ0v) is 19.0. The van der Waals surface area contributed by atoms with Crippen molar-refractivity contribution in [3.05, 3.63) is 24.3 Å². The molecule has 2 heterocycles. The number of esters is 1. The van der Waals surface area contributed by atoms with Crippen LogP contribution < -0.4 is 15.5 Å². The van der Waals surface area contributed by atoms with Crippen molar-refractivity contribution < 1.29 is 23.9 Å². The minimum Gasteiger partial charge on any atom is -0.460 e. The number of ether oxygens (including phenoxy) is 1. The summed E-state index contributed by atoms with van der Waals surface area (Å²) in [5.74, 6) is -0.904. The van der Waals surface area contributed by atoms with E-state index in [-0.39, 0.29) is 36.5 Å². The van der Waals surface area contributed by atoms with Gasteiger partial charge in [-0.2, -0.15) is 0 Å². The van der Waals surface area contributed by atoms with E-state index in [1.165, 1.54) is 0 Å². The molecule has 2 saturated heterocycles. The molecule has 9 heteroatoms. The summed E-state index contributed by atoms with van der Waals surface area (Å²) in [5, 5.41) is 5.51. The van der Waals surface area contributed by atoms with Gasteiger partial charge >= 0.3 is 5.97 Å². The van der Waals surface area contributed by atoms with E-state index < -0.39 is 11.6 Å². The van der Waals surface area contributed by atoms with Gasteiger partial charge in [-0.25, -0.2) is 0 Å². The van der Waals surface area contributed by atoms with Crippen LogP contribution in [-0.2, 0) is 23.9 Å². The third kappa shape index (κ3) is 6.70. The Balaban J connectivity index is 1.44. The minimum atomic E-state index is -0.543. The highest BCUT2D eigenvalue weighted by Gasteiger charge is 2.26. The summed E-state index contributed by atoms with van der Waals surface area (Å²) in [6, 6.07) is 7.38. The van der Waals surface area contributed by atoms with Gasteiger partial charge in [0.25, 0.3) is 0 Å². The van der Waals surface area contributed by atoms with Crippen LogP contribution >= 0.6 is 0 Å². The zero-order chi connectivity index (χ0) is 23.3. The summed E-state index contributed by atoms with van der Waals surface area (Å²) in [4.78, 5) is 51.4. The first-order valence-corrected chi connectivity index (χ1v) is 11.1. The second kappa shape index (κ2) is 10.0. The van der Waals surface area contributed by atoms with Crippen molar-refractivity contribution in [2.24, 2.45) is 0 Å². The van der Waals surface area contributed by atoms with Gasteiger partial charge in [-0.15, -0.1) is 0 Å². The molecular weight excluding hydrogens is 412 g/mol. The lowest BCUT2D eigenvalue weighted by Gasteiger charge is -2.36. The molecule has 1 unspecified atom stereocenters. The van der Waals surface area contributed by atoms with Crippen LogP contribution in [0.15, 0.2) is 24.3 Å². The average Bonchev–Trinajstić information content (AvgIpc) is 2.73. The van der Waals surface area contributed by atoms with Gasteiger partial charge < -0.3 is 19.9 Å². The van der Waals surface area contributed by atoms with Crippen molar-refractivity contribution in [3.8, 4) is 0 Å². The third-order valence-corrected chi connectivity index (χ3v) is 5.41. The van der Waals surface area contributed by atoms with Crippen LogP contribution in [0.2, 0.25) is 0 Å². The Morgan fingerprint density at radius 2 is 1.72 bits per heavy atom. The first kappa shape index (κ1) is 23.6. The lowest BCUT2D eigenvalue weighted by atomic mass is 10.1. The monoisotopic (exact) mass is 444 g/mol. The minimum absolute atomic E-state index is 0.0284. The van der Waals surface area contributed by atoms with Crippen LogP contribution in [0.1, 0.15) is 46.5 Å². The number of amides is 3. The van der Waals surface area contributed by atoms with Crippen LogP contribution in [0, 0.1) is 0 Å². The fourth-order valence-corrected chi connectivity index (χ4v) is 3.77. The Hall–Kier alpha value is -3.10. The normalized spacial score (nSPS) is 19.4. The van der Waals surface area contributed by atoms with Gasteiger partial charge in [-0.1, -0.05) is 0 Å². The van der Waals surface area contributed by atoms with Crippen molar-refractivity contribution in [2.45, 2.75) is 58.1 Å². The van der Waals surface area contributed by atoms with E-state index in [0.29, 0.717) is 39.0 Å². The molecule has 32 heavy (non-hydrogen) atoms. The fraction of sp³-hybridized carbons (Fsp3) is 0.565. The smallest absolute Gasteiger partial charge is 0.306 e. The molecule has 0 spiro atoms. The first-order chi connectivity index (χ1) is 15.1. The van der Waals surface area contributed by atoms with Crippen LogP contribution in [0.25, 0.3) is 0 Å². The Morgan fingerprint density at radius 1 is 1.06 bits per heavy atom. The van der Waals surface area contributed by atoms with Gasteiger partial charge in [0.15, 0.2) is 0 Å². The van der Waals surface area contributed by atoms with E-state index >= 15 is 0 Å². The molecule has 0 bridgehead atoms. The number of rotatable bonds is 6. The van der Waals surface area contributed by atoms with Crippen molar-refractivity contribution in [3.63, 3.8) is 0 Å². The maximum atomic E-state index is 12.4. The number of hydrogen-bond acceptors (Lipinski definition) is 7. The quantitative estimate of drug-likeness (QED) is 0.508. The highest BCUT2D eigenvalue weighted by atomic mass is 16.6. The third-order valence-electron chi connectivity index (χ3n) is 5.41. The number of benzene rings is 1. The van der Waals surface area contributed by atoms with Gasteiger partial charge in [-0.3, -0.25) is 24.5 Å². The van der Waals surface area contributed by atoms with Crippen LogP contribution in [0.4, 0.5) is 11.4 Å². The highest BCUT2D eigenvalue weighted by molar-refractivity contribution is 6.01. The Bertz CT molecular complexity index is 854. The summed E-state index contributed by atoms with van der Waals surface area (Å²) in [6.07, 6.45) is 1.08. The number of carbonyl (C=O) groups is 4. The molecule has 0 radical (unpaired) electrons. The van der Waals surface area contributed by atoms with E-state index in [1.54, 1.807) is 4.90 Å². The van der Waals surface area contributed by atoms with E-state index in [0.717, 1.165) is 11.4 Å². The summed E-state index contributed by atoms with van der Waals surface area (Å²) < 4.78 is 5.26. The molecule has 3 amide bonds. The molecule has 2 fully saturated rings. The van der Waals surface area contributed by atoms with Gasteiger partial charge in [0, 0.05) is 50.4 Å². The number of imide groups is 1. The molecule has 0 saturated carbocycles. The number of piperazine rings is 1. The Labute approximate surface area is 188 Å². The molecule has 1 aromatic rings. The second-order valence-electron chi connectivity index (χ2n) is 9.15. The number of nitrogens with one attached hydrogen (secondary N) is 2. The second-order valence-corrected chi connectivity index (χ2v) is 9.15. The number of hydrogen-bond donors (Lipinski definition) is 2. The molecule has 2 aliphatic rings. The fourth-order valence-electron chi connectivity index (χ4n) is 3.77. The number of nitrogens with zero attached hydrogens (tertiary/aromatic N) is 2. The maximum absolute atomic E-state index is 12.4. The Morgan fingerprint density at radius 3 is 2.31 bits per heavy atom. The molecule has 2 aliphatic heterocycles. The zero-order valence-electron chi connectivity index (χ0n) is 19.0. The van der Waals surface area contributed by atoms with Gasteiger partial charge in [-0.05, 0) is 51.5 Å². The van der Waals surface area contributed by atoms with E-state index in [9.17, 15) is 19.2 Å². The summed E-state index contributed by atoms with van der Waals surface area (Å²) >= 11 is 0. The maximum Gasteiger partial charge on any atom is 0.306 e. The average molecular weight is 445 g/mol. The molecular formula is C23H32N4O5. The van der Waals surface area contributed by atoms with Crippen molar-refractivity contribution in [2.75, 3.05) is 36.4 Å². The number of anilines is 2. The molecule has 1 atom stereocenters. The molecule has 2 N–H and O–H groups in total. The lowest BCUT2D eigenvalue weighted by Crippen LogP contribution is -2.49. The van der Waals surface area contributed by atoms with Gasteiger partial charge in [0.1, 0.15) is 11.6 Å². The molecule has 1 aromatic carbocycles. The summed E-state index contributed by atoms with van der Waals surface area (Å²) in [5.41, 5.74) is 1.32. The summed E-state index contributed by atoms with van der Waals surface area (Å²) in [6.45, 7) is 8.04. The highest BCUT2D eigenvalue weighted by Crippen LogP contribution is 2.21. The molecule has 0 aliphatic carbocycles. The number of piperidine rings is 1. The Kier molecular flexibility index (Phi) is 7.37. The van der Waals surface area contributed by atoms with Crippen LogP contribution in [0.3, 0.4) is 0 Å². The van der Waals surface area contributed by atoms with Gasteiger partial charge in [0.05, 0.1) is 6.42 Å². The first-order valence-electron chi connectivity index (χ1n) is 11.1. The summed E-state index contributed by atoms with van der Waals surface area (Å²) in [7, 11) is 0. The van der Waals surface area contributed by atoms with Crippen molar-refractivity contribution in [1.82, 2.24) is 10.2 Å². The van der Waals surface area contributed by atoms with Gasteiger partial charge in [0.2, 0.25) is 17.7 Å². The molecule has 0 aromatic heterocycles. The van der Waals surface area contributed by atoms with Crippen molar-refractivity contribution >= 4 is 35.1 Å². The van der Waals surface area contributed by atoms with E-state index in [1.807, 2.05) is 45.0 Å². The standard InChI is InChI=1S/C23H32N4O5/c1-23(2,3)32-21(30)11-10-20(29)27-14-12-26(13-15-27)17-6-4-16(5-7-17)24-18-8-9-19(28)25-22(18)31/h4-7,18,24H,8-15H2,1-3H3,(H,25,28,31). The SMILES string of the molecule is CC(C)(C)OC(=O)CCC(=O)N1CCN(c2ccc(NC3CCC(=O)NC3=O)cc2)CC1. The lowest BCUT2D eigenvalue weighted by molar-refractivity contribution is -0.156. The van der Waals surface area contributed by atoms with Crippen molar-refractivity contribution in [1.29, 1.82) is 0 Å². The number of carbonyl (C=O) groups excluding carboxylic acids is 4. The van der Waals surface area contributed by atoms with E-state index in [4.69, 9.17) is 4.74 Å².